The second kappa shape index (κ2) is 10.2. The van der Waals surface area contributed by atoms with Crippen LogP contribution in [-0.2, 0) is 4.79 Å². The van der Waals surface area contributed by atoms with Gasteiger partial charge in [0.25, 0.3) is 11.5 Å². The van der Waals surface area contributed by atoms with Gasteiger partial charge in [-0.15, -0.1) is 11.3 Å². The summed E-state index contributed by atoms with van der Waals surface area (Å²) in [6.07, 6.45) is 1.71. The molecule has 0 bridgehead atoms. The van der Waals surface area contributed by atoms with Crippen molar-refractivity contribution >= 4 is 50.5 Å². The summed E-state index contributed by atoms with van der Waals surface area (Å²) in [5, 5.41) is 6.03. The highest BCUT2D eigenvalue weighted by atomic mass is 32.1. The minimum atomic E-state index is -0.801. The molecular weight excluding hydrogens is 476 g/mol. The molecule has 36 heavy (non-hydrogen) atoms. The van der Waals surface area contributed by atoms with Gasteiger partial charge in [-0.05, 0) is 68.7 Å². The largest absolute Gasteiger partial charge is 0.324 e. The van der Waals surface area contributed by atoms with Crippen LogP contribution >= 0.6 is 11.3 Å². The molecule has 4 aromatic rings. The molecule has 4 rings (SSSR count). The standard InChI is InChI=1S/C27H26N4O4S/c1-5-21(24(33)29-19-12-10-18(11-13-19)17(4)32)31-14-28-26-22(27(31)35)16(3)23(36-26)25(34)30-20-9-7-6-8-15(20)2/h6-14,21H,5H2,1-4H3,(H,29,33)(H,30,34). The van der Waals surface area contributed by atoms with E-state index in [4.69, 9.17) is 0 Å². The topological polar surface area (TPSA) is 110 Å². The van der Waals surface area contributed by atoms with Crippen LogP contribution in [0.2, 0.25) is 0 Å². The van der Waals surface area contributed by atoms with Crippen LogP contribution in [0.5, 0.6) is 0 Å². The zero-order valence-corrected chi connectivity index (χ0v) is 21.2. The van der Waals surface area contributed by atoms with Gasteiger partial charge in [0, 0.05) is 16.9 Å². The van der Waals surface area contributed by atoms with Gasteiger partial charge in [-0.3, -0.25) is 23.7 Å². The van der Waals surface area contributed by atoms with E-state index in [-0.39, 0.29) is 23.2 Å². The van der Waals surface area contributed by atoms with E-state index in [0.717, 1.165) is 16.9 Å². The molecule has 0 radical (unpaired) electrons. The molecule has 2 heterocycles. The Balaban J connectivity index is 1.63. The number of thiophene rings is 1. The van der Waals surface area contributed by atoms with Gasteiger partial charge in [0.2, 0.25) is 5.91 Å². The highest BCUT2D eigenvalue weighted by molar-refractivity contribution is 7.20. The highest BCUT2D eigenvalue weighted by Gasteiger charge is 2.25. The fraction of sp³-hybridized carbons (Fsp3) is 0.222. The lowest BCUT2D eigenvalue weighted by Gasteiger charge is -2.17. The first-order valence-electron chi connectivity index (χ1n) is 11.5. The molecule has 0 aliphatic heterocycles. The van der Waals surface area contributed by atoms with E-state index in [2.05, 4.69) is 15.6 Å². The summed E-state index contributed by atoms with van der Waals surface area (Å²) in [6, 6.07) is 13.2. The zero-order valence-electron chi connectivity index (χ0n) is 20.4. The lowest BCUT2D eigenvalue weighted by atomic mass is 10.1. The van der Waals surface area contributed by atoms with E-state index in [1.165, 1.54) is 17.8 Å². The Morgan fingerprint density at radius 1 is 1.03 bits per heavy atom. The number of nitrogens with zero attached hydrogens (tertiary/aromatic N) is 2. The number of anilines is 2. The fourth-order valence-electron chi connectivity index (χ4n) is 3.99. The van der Waals surface area contributed by atoms with Gasteiger partial charge in [0.15, 0.2) is 5.78 Å². The number of benzene rings is 2. The predicted octanol–water partition coefficient (Wildman–Crippen LogP) is 5.12. The Kier molecular flexibility index (Phi) is 7.12. The number of amides is 2. The first-order chi connectivity index (χ1) is 17.2. The van der Waals surface area contributed by atoms with Crippen molar-refractivity contribution < 1.29 is 14.4 Å². The molecular formula is C27H26N4O4S. The number of fused-ring (bicyclic) bond motifs is 1. The van der Waals surface area contributed by atoms with Crippen LogP contribution in [-0.4, -0.2) is 27.1 Å². The zero-order chi connectivity index (χ0) is 26.0. The number of hydrogen-bond donors (Lipinski definition) is 2. The van der Waals surface area contributed by atoms with Gasteiger partial charge in [0.1, 0.15) is 10.9 Å². The number of aromatic nitrogens is 2. The summed E-state index contributed by atoms with van der Waals surface area (Å²) in [5.74, 6) is -0.750. The van der Waals surface area contributed by atoms with Gasteiger partial charge >= 0.3 is 0 Å². The van der Waals surface area contributed by atoms with Crippen molar-refractivity contribution in [1.82, 2.24) is 9.55 Å². The number of hydrogen-bond acceptors (Lipinski definition) is 6. The fourth-order valence-corrected chi connectivity index (χ4v) is 5.02. The molecule has 2 aromatic heterocycles. The molecule has 0 aliphatic carbocycles. The molecule has 0 saturated heterocycles. The lowest BCUT2D eigenvalue weighted by Crippen LogP contribution is -2.33. The number of nitrogens with one attached hydrogen (secondary N) is 2. The SMILES string of the molecule is CCC(C(=O)Nc1ccc(C(C)=O)cc1)n1cnc2sc(C(=O)Nc3ccccc3C)c(C)c2c1=O. The van der Waals surface area contributed by atoms with Crippen LogP contribution in [0.4, 0.5) is 11.4 Å². The summed E-state index contributed by atoms with van der Waals surface area (Å²) in [4.78, 5) is 56.2. The second-order valence-electron chi connectivity index (χ2n) is 8.51. The van der Waals surface area contributed by atoms with Crippen molar-refractivity contribution in [3.05, 3.63) is 86.8 Å². The molecule has 184 valence electrons. The molecule has 9 heteroatoms. The maximum Gasteiger partial charge on any atom is 0.266 e. The van der Waals surface area contributed by atoms with E-state index in [1.54, 1.807) is 38.1 Å². The van der Waals surface area contributed by atoms with Gasteiger partial charge in [-0.25, -0.2) is 4.98 Å². The first kappa shape index (κ1) is 25.0. The van der Waals surface area contributed by atoms with E-state index in [0.29, 0.717) is 44.0 Å². The minimum absolute atomic E-state index is 0.0664. The van der Waals surface area contributed by atoms with Crippen molar-refractivity contribution in [2.24, 2.45) is 0 Å². The molecule has 2 aromatic carbocycles. The van der Waals surface area contributed by atoms with Gasteiger partial charge in [-0.2, -0.15) is 0 Å². The number of rotatable bonds is 7. The van der Waals surface area contributed by atoms with Crippen molar-refractivity contribution in [3.8, 4) is 0 Å². The lowest BCUT2D eigenvalue weighted by molar-refractivity contribution is -0.119. The van der Waals surface area contributed by atoms with Crippen LogP contribution < -0.4 is 16.2 Å². The van der Waals surface area contributed by atoms with Gasteiger partial charge in [0.05, 0.1) is 16.6 Å². The van der Waals surface area contributed by atoms with Crippen LogP contribution in [0.3, 0.4) is 0 Å². The molecule has 1 unspecified atom stereocenters. The van der Waals surface area contributed by atoms with Crippen molar-refractivity contribution in [2.45, 2.75) is 40.2 Å². The predicted molar refractivity (Wildman–Crippen MR) is 142 cm³/mol. The summed E-state index contributed by atoms with van der Waals surface area (Å²) >= 11 is 1.15. The summed E-state index contributed by atoms with van der Waals surface area (Å²) in [6.45, 7) is 6.90. The minimum Gasteiger partial charge on any atom is -0.324 e. The third kappa shape index (κ3) is 4.83. The number of ketones is 1. The van der Waals surface area contributed by atoms with Crippen molar-refractivity contribution in [2.75, 3.05) is 10.6 Å². The van der Waals surface area contributed by atoms with Gasteiger partial charge < -0.3 is 10.6 Å². The monoisotopic (exact) mass is 502 g/mol. The molecule has 2 N–H and O–H groups in total. The number of Topliss-reactive ketones (excluding diaryl/α,β-unsaturated/α-hetero) is 1. The smallest absolute Gasteiger partial charge is 0.266 e. The second-order valence-corrected chi connectivity index (χ2v) is 9.51. The van der Waals surface area contributed by atoms with Crippen LogP contribution in [0.1, 0.15) is 57.5 Å². The Morgan fingerprint density at radius 2 is 1.72 bits per heavy atom. The summed E-state index contributed by atoms with van der Waals surface area (Å²) < 4.78 is 1.31. The normalized spacial score (nSPS) is 11.8. The molecule has 0 fully saturated rings. The molecule has 1 atom stereocenters. The third-order valence-electron chi connectivity index (χ3n) is 6.06. The van der Waals surface area contributed by atoms with Crippen LogP contribution in [0.25, 0.3) is 10.2 Å². The molecule has 2 amide bonds. The highest BCUT2D eigenvalue weighted by Crippen LogP contribution is 2.29. The Labute approximate surface area is 212 Å². The number of carbonyl (C=O) groups is 3. The molecule has 8 nitrogen and oxygen atoms in total. The average Bonchev–Trinajstić information content (AvgIpc) is 3.20. The number of para-hydroxylation sites is 1. The summed E-state index contributed by atoms with van der Waals surface area (Å²) in [7, 11) is 0. The quantitative estimate of drug-likeness (QED) is 0.341. The Morgan fingerprint density at radius 3 is 2.36 bits per heavy atom. The average molecular weight is 503 g/mol. The van der Waals surface area contributed by atoms with Crippen LogP contribution in [0, 0.1) is 13.8 Å². The maximum atomic E-state index is 13.5. The van der Waals surface area contributed by atoms with Crippen molar-refractivity contribution in [1.29, 1.82) is 0 Å². The Hall–Kier alpha value is -4.11. The van der Waals surface area contributed by atoms with E-state index >= 15 is 0 Å². The van der Waals surface area contributed by atoms with Crippen LogP contribution in [0.15, 0.2) is 59.7 Å². The van der Waals surface area contributed by atoms with E-state index in [1.807, 2.05) is 31.2 Å². The summed E-state index contributed by atoms with van der Waals surface area (Å²) in [5.41, 5.74) is 2.84. The molecule has 0 saturated carbocycles. The number of carbonyl (C=O) groups excluding carboxylic acids is 3. The van der Waals surface area contributed by atoms with E-state index < -0.39 is 6.04 Å². The molecule has 0 spiro atoms. The van der Waals surface area contributed by atoms with Crippen molar-refractivity contribution in [3.63, 3.8) is 0 Å². The van der Waals surface area contributed by atoms with Gasteiger partial charge in [-0.1, -0.05) is 25.1 Å². The number of aryl methyl sites for hydroxylation is 2. The Bertz CT molecular complexity index is 1540. The maximum absolute atomic E-state index is 13.5. The third-order valence-corrected chi connectivity index (χ3v) is 7.26. The first-order valence-corrected chi connectivity index (χ1v) is 12.3. The van der Waals surface area contributed by atoms with E-state index in [9.17, 15) is 19.2 Å². The molecule has 0 aliphatic rings.